The molecule has 8 heteroatoms. The highest BCUT2D eigenvalue weighted by Gasteiger charge is 2.23. The first-order chi connectivity index (χ1) is 16.8. The molecule has 1 heterocycles. The summed E-state index contributed by atoms with van der Waals surface area (Å²) in [6.07, 6.45) is 2.57. The standard InChI is InChI=1S/C28H35ClFN3O3/c1-18(27(34)36-28(2,3)4)8-13-22-23(30)14-20(29)15-25(22)35-21-11-9-19(10-12-21)24-16-31-26(33(24)7)17-32(5)6/h9-12,14-16,18H,8,13,17H2,1-7H3/t18-/m1/s1. The Morgan fingerprint density at radius 3 is 2.47 bits per heavy atom. The summed E-state index contributed by atoms with van der Waals surface area (Å²) in [6, 6.07) is 10.4. The van der Waals surface area contributed by atoms with Gasteiger partial charge in [0.05, 0.1) is 24.4 Å². The van der Waals surface area contributed by atoms with Gasteiger partial charge in [-0.2, -0.15) is 0 Å². The van der Waals surface area contributed by atoms with Gasteiger partial charge in [-0.05, 0) is 84.1 Å². The molecule has 0 N–H and O–H groups in total. The third-order valence-corrected chi connectivity index (χ3v) is 5.89. The lowest BCUT2D eigenvalue weighted by Gasteiger charge is -2.22. The van der Waals surface area contributed by atoms with E-state index >= 15 is 0 Å². The second-order valence-electron chi connectivity index (χ2n) is 10.3. The maximum absolute atomic E-state index is 14.9. The lowest BCUT2D eigenvalue weighted by atomic mass is 9.99. The molecule has 194 valence electrons. The van der Waals surface area contributed by atoms with Gasteiger partial charge in [0.1, 0.15) is 28.7 Å². The Labute approximate surface area is 218 Å². The number of halogens is 2. The molecule has 0 unspecified atom stereocenters. The zero-order valence-electron chi connectivity index (χ0n) is 22.1. The number of esters is 1. The van der Waals surface area contributed by atoms with Gasteiger partial charge in [0.2, 0.25) is 0 Å². The molecule has 0 amide bonds. The molecule has 0 spiro atoms. The fourth-order valence-electron chi connectivity index (χ4n) is 3.76. The number of benzene rings is 2. The summed E-state index contributed by atoms with van der Waals surface area (Å²) < 4.78 is 28.4. The van der Waals surface area contributed by atoms with Crippen LogP contribution in [0.1, 0.15) is 45.5 Å². The molecular formula is C28H35ClFN3O3. The molecule has 0 radical (unpaired) electrons. The first-order valence-corrected chi connectivity index (χ1v) is 12.4. The molecule has 6 nitrogen and oxygen atoms in total. The molecule has 0 aliphatic carbocycles. The van der Waals surface area contributed by atoms with Crippen molar-refractivity contribution in [3.63, 3.8) is 0 Å². The minimum Gasteiger partial charge on any atom is -0.460 e. The molecular weight excluding hydrogens is 481 g/mol. The van der Waals surface area contributed by atoms with Crippen LogP contribution in [0, 0.1) is 11.7 Å². The highest BCUT2D eigenvalue weighted by Crippen LogP contribution is 2.33. The van der Waals surface area contributed by atoms with Crippen LogP contribution in [0.5, 0.6) is 11.5 Å². The summed E-state index contributed by atoms with van der Waals surface area (Å²) in [4.78, 5) is 18.9. The summed E-state index contributed by atoms with van der Waals surface area (Å²) in [5.41, 5.74) is 1.79. The van der Waals surface area contributed by atoms with Crippen molar-refractivity contribution in [1.29, 1.82) is 0 Å². The predicted octanol–water partition coefficient (Wildman–Crippen LogP) is 6.64. The molecule has 36 heavy (non-hydrogen) atoms. The number of hydrogen-bond donors (Lipinski definition) is 0. The van der Waals surface area contributed by atoms with E-state index < -0.39 is 11.4 Å². The molecule has 2 aromatic carbocycles. The average Bonchev–Trinajstić information content (AvgIpc) is 3.11. The molecule has 1 aromatic heterocycles. The van der Waals surface area contributed by atoms with Crippen LogP contribution in [0.3, 0.4) is 0 Å². The molecule has 1 atom stereocenters. The number of carbonyl (C=O) groups excluding carboxylic acids is 1. The van der Waals surface area contributed by atoms with Gasteiger partial charge in [0.25, 0.3) is 0 Å². The molecule has 3 rings (SSSR count). The Morgan fingerprint density at radius 2 is 1.86 bits per heavy atom. The second-order valence-corrected chi connectivity index (χ2v) is 10.8. The number of carbonyl (C=O) groups is 1. The van der Waals surface area contributed by atoms with Gasteiger partial charge >= 0.3 is 5.97 Å². The van der Waals surface area contributed by atoms with Crippen LogP contribution in [0.25, 0.3) is 11.3 Å². The Hall–Kier alpha value is -2.90. The minimum atomic E-state index is -0.569. The van der Waals surface area contributed by atoms with Crippen molar-refractivity contribution in [1.82, 2.24) is 14.5 Å². The lowest BCUT2D eigenvalue weighted by Crippen LogP contribution is -2.27. The van der Waals surface area contributed by atoms with Gasteiger partial charge in [-0.15, -0.1) is 0 Å². The van der Waals surface area contributed by atoms with Gasteiger partial charge < -0.3 is 18.9 Å². The molecule has 0 fully saturated rings. The third kappa shape index (κ3) is 7.31. The van der Waals surface area contributed by atoms with Crippen molar-refractivity contribution < 1.29 is 18.7 Å². The van der Waals surface area contributed by atoms with Crippen LogP contribution in [0.4, 0.5) is 4.39 Å². The summed E-state index contributed by atoms with van der Waals surface area (Å²) in [5.74, 6) is 0.695. The number of ether oxygens (including phenoxy) is 2. The molecule has 0 aliphatic rings. The number of aromatic nitrogens is 2. The summed E-state index contributed by atoms with van der Waals surface area (Å²) >= 11 is 6.13. The molecule has 3 aromatic rings. The van der Waals surface area contributed by atoms with Gasteiger partial charge in [0.15, 0.2) is 0 Å². The van der Waals surface area contributed by atoms with E-state index in [2.05, 4.69) is 14.5 Å². The third-order valence-electron chi connectivity index (χ3n) is 5.68. The highest BCUT2D eigenvalue weighted by atomic mass is 35.5. The lowest BCUT2D eigenvalue weighted by molar-refractivity contribution is -0.159. The zero-order chi connectivity index (χ0) is 26.6. The quantitative estimate of drug-likeness (QED) is 0.299. The molecule has 0 bridgehead atoms. The van der Waals surface area contributed by atoms with Crippen LogP contribution in [0.2, 0.25) is 5.02 Å². The maximum atomic E-state index is 14.9. The van der Waals surface area contributed by atoms with Gasteiger partial charge in [-0.25, -0.2) is 9.37 Å². The van der Waals surface area contributed by atoms with Crippen molar-refractivity contribution in [2.75, 3.05) is 14.1 Å². The van der Waals surface area contributed by atoms with E-state index in [4.69, 9.17) is 21.1 Å². The van der Waals surface area contributed by atoms with Gasteiger partial charge in [0, 0.05) is 23.2 Å². The number of rotatable bonds is 9. The molecule has 0 saturated carbocycles. The largest absolute Gasteiger partial charge is 0.460 e. The van der Waals surface area contributed by atoms with Crippen LogP contribution < -0.4 is 4.74 Å². The van der Waals surface area contributed by atoms with E-state index in [1.807, 2.05) is 72.4 Å². The van der Waals surface area contributed by atoms with E-state index in [0.717, 1.165) is 23.6 Å². The normalized spacial score (nSPS) is 12.6. The second kappa shape index (κ2) is 11.4. The Kier molecular flexibility index (Phi) is 8.80. The van der Waals surface area contributed by atoms with E-state index in [0.29, 0.717) is 29.9 Å². The zero-order valence-corrected chi connectivity index (χ0v) is 22.8. The van der Waals surface area contributed by atoms with Crippen LogP contribution in [-0.4, -0.2) is 40.1 Å². The monoisotopic (exact) mass is 515 g/mol. The van der Waals surface area contributed by atoms with E-state index in [1.54, 1.807) is 13.0 Å². The Bertz CT molecular complexity index is 1200. The van der Waals surface area contributed by atoms with Crippen molar-refractivity contribution in [3.05, 3.63) is 64.8 Å². The highest BCUT2D eigenvalue weighted by molar-refractivity contribution is 6.30. The minimum absolute atomic E-state index is 0.242. The first-order valence-electron chi connectivity index (χ1n) is 12.0. The number of hydrogen-bond acceptors (Lipinski definition) is 5. The Balaban J connectivity index is 1.76. The average molecular weight is 516 g/mol. The number of imidazole rings is 1. The molecule has 0 saturated heterocycles. The Morgan fingerprint density at radius 1 is 1.19 bits per heavy atom. The molecule has 0 aliphatic heterocycles. The first kappa shape index (κ1) is 27.7. The fourth-order valence-corrected chi connectivity index (χ4v) is 3.96. The summed E-state index contributed by atoms with van der Waals surface area (Å²) in [5, 5.41) is 0.242. The van der Waals surface area contributed by atoms with Crippen molar-refractivity contribution in [3.8, 4) is 22.8 Å². The topological polar surface area (TPSA) is 56.6 Å². The predicted molar refractivity (Wildman–Crippen MR) is 141 cm³/mol. The van der Waals surface area contributed by atoms with Gasteiger partial charge in [-0.3, -0.25) is 4.79 Å². The van der Waals surface area contributed by atoms with E-state index in [-0.39, 0.29) is 16.9 Å². The van der Waals surface area contributed by atoms with Crippen molar-refractivity contribution >= 4 is 17.6 Å². The van der Waals surface area contributed by atoms with E-state index in [9.17, 15) is 9.18 Å². The summed E-state index contributed by atoms with van der Waals surface area (Å²) in [6.45, 7) is 8.00. The van der Waals surface area contributed by atoms with Crippen molar-refractivity contribution in [2.45, 2.75) is 52.7 Å². The van der Waals surface area contributed by atoms with Crippen LogP contribution in [0.15, 0.2) is 42.6 Å². The maximum Gasteiger partial charge on any atom is 0.309 e. The smallest absolute Gasteiger partial charge is 0.309 e. The van der Waals surface area contributed by atoms with E-state index in [1.165, 1.54) is 6.07 Å². The van der Waals surface area contributed by atoms with Crippen LogP contribution >= 0.6 is 11.6 Å². The number of nitrogens with zero attached hydrogens (tertiary/aromatic N) is 3. The summed E-state index contributed by atoms with van der Waals surface area (Å²) in [7, 11) is 6.00. The van der Waals surface area contributed by atoms with Gasteiger partial charge in [-0.1, -0.05) is 18.5 Å². The van der Waals surface area contributed by atoms with Crippen molar-refractivity contribution in [2.24, 2.45) is 13.0 Å². The SMILES string of the molecule is C[C@H](CCc1c(F)cc(Cl)cc1Oc1ccc(-c2cnc(CN(C)C)n2C)cc1)C(=O)OC(C)(C)C. The fraction of sp³-hybridized carbons (Fsp3) is 0.429. The van der Waals surface area contributed by atoms with Crippen LogP contribution in [-0.2, 0) is 29.5 Å².